The molecule has 0 amide bonds. The average molecular weight is 417 g/mol. The molecule has 2 saturated carbocycles. The summed E-state index contributed by atoms with van der Waals surface area (Å²) in [6, 6.07) is 0. The Morgan fingerprint density at radius 1 is 1.13 bits per heavy atom. The van der Waals surface area contributed by atoms with Gasteiger partial charge in [-0.05, 0) is 85.8 Å². The molecule has 4 aliphatic rings. The summed E-state index contributed by atoms with van der Waals surface area (Å²) in [4.78, 5) is 24.8. The number of allylic oxidation sites excluding steroid dienone is 3. The van der Waals surface area contributed by atoms with E-state index in [9.17, 15) is 14.7 Å². The summed E-state index contributed by atoms with van der Waals surface area (Å²) in [7, 11) is 1.72. The SMILES string of the molecule is COC1=CC2=C(CO)C[C@H]3[C@H]4CC[C@](OC(C)=O)(C(C)=O)[C@]4(C)CC[C@@H]3[C@]2(C)CC1. The molecule has 0 saturated heterocycles. The molecule has 5 heteroatoms. The number of aliphatic hydroxyl groups is 1. The molecule has 0 heterocycles. The number of carbonyl (C=O) groups is 2. The second-order valence-corrected chi connectivity index (χ2v) is 10.5. The molecular weight excluding hydrogens is 380 g/mol. The second-order valence-electron chi connectivity index (χ2n) is 10.5. The Bertz CT molecular complexity index is 825. The van der Waals surface area contributed by atoms with Crippen LogP contribution in [-0.2, 0) is 19.1 Å². The first kappa shape index (κ1) is 21.6. The third kappa shape index (κ3) is 2.77. The monoisotopic (exact) mass is 416 g/mol. The lowest BCUT2D eigenvalue weighted by Crippen LogP contribution is -2.58. The minimum atomic E-state index is -1.01. The van der Waals surface area contributed by atoms with Gasteiger partial charge in [-0.3, -0.25) is 9.59 Å². The van der Waals surface area contributed by atoms with Crippen molar-refractivity contribution in [1.29, 1.82) is 0 Å². The van der Waals surface area contributed by atoms with E-state index in [1.165, 1.54) is 12.5 Å². The summed E-state index contributed by atoms with van der Waals surface area (Å²) < 4.78 is 11.4. The predicted molar refractivity (Wildman–Crippen MR) is 113 cm³/mol. The number of ketones is 1. The molecule has 1 N–H and O–H groups in total. The second kappa shape index (κ2) is 7.22. The van der Waals surface area contributed by atoms with Crippen LogP contribution in [0.25, 0.3) is 0 Å². The van der Waals surface area contributed by atoms with Crippen molar-refractivity contribution in [1.82, 2.24) is 0 Å². The van der Waals surface area contributed by atoms with E-state index < -0.39 is 5.60 Å². The lowest BCUT2D eigenvalue weighted by atomic mass is 9.46. The molecule has 0 aromatic heterocycles. The van der Waals surface area contributed by atoms with Crippen LogP contribution in [-0.4, -0.2) is 36.2 Å². The highest BCUT2D eigenvalue weighted by atomic mass is 16.6. The summed E-state index contributed by atoms with van der Waals surface area (Å²) in [5, 5.41) is 10.3. The fraction of sp³-hybridized carbons (Fsp3) is 0.760. The largest absolute Gasteiger partial charge is 0.501 e. The Morgan fingerprint density at radius 3 is 2.43 bits per heavy atom. The highest BCUT2D eigenvalue weighted by Gasteiger charge is 2.67. The van der Waals surface area contributed by atoms with Gasteiger partial charge >= 0.3 is 5.97 Å². The minimum Gasteiger partial charge on any atom is -0.501 e. The van der Waals surface area contributed by atoms with Crippen LogP contribution in [0.3, 0.4) is 0 Å². The molecule has 2 fully saturated rings. The maximum Gasteiger partial charge on any atom is 0.303 e. The van der Waals surface area contributed by atoms with Crippen molar-refractivity contribution in [2.24, 2.45) is 28.6 Å². The van der Waals surface area contributed by atoms with E-state index in [4.69, 9.17) is 9.47 Å². The number of rotatable bonds is 4. The van der Waals surface area contributed by atoms with Crippen LogP contribution in [0.5, 0.6) is 0 Å². The topological polar surface area (TPSA) is 72.8 Å². The van der Waals surface area contributed by atoms with Gasteiger partial charge < -0.3 is 14.6 Å². The number of hydrogen-bond donors (Lipinski definition) is 1. The van der Waals surface area contributed by atoms with Crippen LogP contribution >= 0.6 is 0 Å². The maximum absolute atomic E-state index is 12.9. The molecule has 0 aromatic rings. The average Bonchev–Trinajstić information content (AvgIpc) is 3.00. The Morgan fingerprint density at radius 2 is 1.83 bits per heavy atom. The highest BCUT2D eigenvalue weighted by Crippen LogP contribution is 2.68. The van der Waals surface area contributed by atoms with E-state index in [0.29, 0.717) is 24.2 Å². The molecule has 0 aromatic carbocycles. The number of methoxy groups -OCH3 is 1. The summed E-state index contributed by atoms with van der Waals surface area (Å²) in [5.74, 6) is 1.83. The molecule has 4 aliphatic carbocycles. The number of aliphatic hydroxyl groups excluding tert-OH is 1. The standard InChI is InChI=1S/C25H36O5/c1-15(27)25(30-16(2)28)11-8-21-19-12-17(14-26)22-13-18(29-5)6-9-23(22,3)20(19)7-10-24(21,25)4/h13,19-21,26H,6-12,14H2,1-5H3/t19-,20+,21-,23+,24-,25+/m1/s1. The summed E-state index contributed by atoms with van der Waals surface area (Å²) in [6.45, 7) is 7.59. The van der Waals surface area contributed by atoms with Gasteiger partial charge in [-0.1, -0.05) is 13.8 Å². The molecule has 5 nitrogen and oxygen atoms in total. The van der Waals surface area contributed by atoms with E-state index in [1.54, 1.807) is 14.0 Å². The highest BCUT2D eigenvalue weighted by molar-refractivity contribution is 5.89. The van der Waals surface area contributed by atoms with Gasteiger partial charge in [0.25, 0.3) is 0 Å². The molecular formula is C25H36O5. The number of fused-ring (bicyclic) bond motifs is 5. The van der Waals surface area contributed by atoms with E-state index in [2.05, 4.69) is 19.9 Å². The minimum absolute atomic E-state index is 0.0211. The van der Waals surface area contributed by atoms with Crippen LogP contribution in [0.2, 0.25) is 0 Å². The number of esters is 1. The molecule has 6 atom stereocenters. The lowest BCUT2D eigenvalue weighted by molar-refractivity contribution is -0.186. The number of carbonyl (C=O) groups excluding carboxylic acids is 2. The van der Waals surface area contributed by atoms with Crippen LogP contribution in [0.1, 0.15) is 72.6 Å². The molecule has 4 rings (SSSR count). The van der Waals surface area contributed by atoms with Crippen molar-refractivity contribution in [2.75, 3.05) is 13.7 Å². The fourth-order valence-electron chi connectivity index (χ4n) is 7.94. The lowest BCUT2D eigenvalue weighted by Gasteiger charge is -2.59. The molecule has 0 bridgehead atoms. The van der Waals surface area contributed by atoms with Crippen LogP contribution in [0.4, 0.5) is 0 Å². The van der Waals surface area contributed by atoms with E-state index in [-0.39, 0.29) is 29.2 Å². The number of hydrogen-bond acceptors (Lipinski definition) is 5. The summed E-state index contributed by atoms with van der Waals surface area (Å²) in [5.41, 5.74) is 1.06. The van der Waals surface area contributed by atoms with Crippen molar-refractivity contribution < 1.29 is 24.2 Å². The van der Waals surface area contributed by atoms with Crippen molar-refractivity contribution in [3.8, 4) is 0 Å². The third-order valence-corrected chi connectivity index (χ3v) is 9.39. The molecule has 0 aliphatic heterocycles. The Labute approximate surface area is 179 Å². The molecule has 166 valence electrons. The first-order chi connectivity index (χ1) is 14.1. The molecule has 0 spiro atoms. The number of Topliss-reactive ketones (excluding diaryl/α,β-unsaturated/α-hetero) is 1. The number of ether oxygens (including phenoxy) is 2. The van der Waals surface area contributed by atoms with Gasteiger partial charge in [0.1, 0.15) is 0 Å². The zero-order valence-electron chi connectivity index (χ0n) is 19.0. The Balaban J connectivity index is 1.77. The van der Waals surface area contributed by atoms with Crippen LogP contribution in [0, 0.1) is 28.6 Å². The summed E-state index contributed by atoms with van der Waals surface area (Å²) >= 11 is 0. The smallest absolute Gasteiger partial charge is 0.303 e. The zero-order chi connectivity index (χ0) is 21.9. The van der Waals surface area contributed by atoms with Crippen molar-refractivity contribution in [2.45, 2.75) is 78.2 Å². The van der Waals surface area contributed by atoms with E-state index >= 15 is 0 Å². The van der Waals surface area contributed by atoms with Gasteiger partial charge in [0.05, 0.1) is 19.5 Å². The van der Waals surface area contributed by atoms with Crippen molar-refractivity contribution >= 4 is 11.8 Å². The Kier molecular flexibility index (Phi) is 5.20. The van der Waals surface area contributed by atoms with Gasteiger partial charge in [0.2, 0.25) is 0 Å². The van der Waals surface area contributed by atoms with Crippen LogP contribution in [0.15, 0.2) is 23.0 Å². The predicted octanol–water partition coefficient (Wildman–Crippen LogP) is 4.34. The zero-order valence-corrected chi connectivity index (χ0v) is 19.0. The van der Waals surface area contributed by atoms with Crippen molar-refractivity contribution in [3.63, 3.8) is 0 Å². The van der Waals surface area contributed by atoms with Crippen molar-refractivity contribution in [3.05, 3.63) is 23.0 Å². The van der Waals surface area contributed by atoms with Gasteiger partial charge in [-0.25, -0.2) is 0 Å². The molecule has 0 unspecified atom stereocenters. The van der Waals surface area contributed by atoms with Gasteiger partial charge in [-0.15, -0.1) is 0 Å². The molecule has 0 radical (unpaired) electrons. The normalized spacial score (nSPS) is 42.6. The van der Waals surface area contributed by atoms with Gasteiger partial charge in [0.15, 0.2) is 11.4 Å². The fourth-order valence-corrected chi connectivity index (χ4v) is 7.94. The first-order valence-electron chi connectivity index (χ1n) is 11.4. The van der Waals surface area contributed by atoms with Crippen LogP contribution < -0.4 is 0 Å². The Hall–Kier alpha value is -1.62. The third-order valence-electron chi connectivity index (χ3n) is 9.39. The van der Waals surface area contributed by atoms with Gasteiger partial charge in [-0.2, -0.15) is 0 Å². The summed E-state index contributed by atoms with van der Waals surface area (Å²) in [6.07, 6.45) is 8.39. The first-order valence-corrected chi connectivity index (χ1v) is 11.4. The van der Waals surface area contributed by atoms with Gasteiger partial charge in [0, 0.05) is 18.8 Å². The van der Waals surface area contributed by atoms with E-state index in [0.717, 1.165) is 49.9 Å². The quantitative estimate of drug-likeness (QED) is 0.690. The molecule has 30 heavy (non-hydrogen) atoms. The van der Waals surface area contributed by atoms with E-state index in [1.807, 2.05) is 0 Å². The maximum atomic E-state index is 12.9.